The third-order valence-electron chi connectivity index (χ3n) is 4.73. The molecule has 0 radical (unpaired) electrons. The number of hydrogen-bond acceptors (Lipinski definition) is 4. The fourth-order valence-corrected chi connectivity index (χ4v) is 3.00. The van der Waals surface area contributed by atoms with E-state index in [-0.39, 0.29) is 29.5 Å². The summed E-state index contributed by atoms with van der Waals surface area (Å²) < 4.78 is 10.8. The molecule has 156 valence electrons. The Morgan fingerprint density at radius 3 is 2.54 bits per heavy atom. The van der Waals surface area contributed by atoms with Crippen molar-refractivity contribution < 1.29 is 9.47 Å². The highest BCUT2D eigenvalue weighted by Gasteiger charge is 2.28. The molecule has 1 aliphatic heterocycles. The molecule has 1 aromatic rings. The zero-order valence-electron chi connectivity index (χ0n) is 17.2. The number of ether oxygens (including phenoxy) is 2. The summed E-state index contributed by atoms with van der Waals surface area (Å²) in [4.78, 5) is 6.79. The molecule has 0 aliphatic carbocycles. The second kappa shape index (κ2) is 12.9. The molecule has 2 N–H and O–H groups in total. The van der Waals surface area contributed by atoms with Crippen LogP contribution in [0.4, 0.5) is 0 Å². The van der Waals surface area contributed by atoms with Gasteiger partial charge in [-0.2, -0.15) is 0 Å². The number of morpholine rings is 1. The summed E-state index contributed by atoms with van der Waals surface area (Å²) >= 11 is 0. The Labute approximate surface area is 186 Å². The van der Waals surface area contributed by atoms with Gasteiger partial charge in [0, 0.05) is 38.8 Å². The number of nitrogens with one attached hydrogen (secondary N) is 2. The van der Waals surface area contributed by atoms with Gasteiger partial charge in [-0.1, -0.05) is 18.1 Å². The molecule has 0 saturated carbocycles. The van der Waals surface area contributed by atoms with Crippen LogP contribution in [-0.2, 0) is 11.2 Å². The molecule has 0 unspecified atom stereocenters. The molecule has 0 aromatic heterocycles. The van der Waals surface area contributed by atoms with Gasteiger partial charge in [-0.25, -0.2) is 0 Å². The molecule has 0 bridgehead atoms. The van der Waals surface area contributed by atoms with Crippen molar-refractivity contribution in [3.05, 3.63) is 29.8 Å². The van der Waals surface area contributed by atoms with Gasteiger partial charge in [0.15, 0.2) is 5.96 Å². The first-order chi connectivity index (χ1) is 13.0. The Morgan fingerprint density at radius 2 is 1.93 bits per heavy atom. The van der Waals surface area contributed by atoms with Crippen LogP contribution in [0, 0.1) is 12.3 Å². The van der Waals surface area contributed by atoms with E-state index in [0.717, 1.165) is 57.5 Å². The number of terminal acetylenes is 1. The second-order valence-electron chi connectivity index (χ2n) is 7.15. The number of halogens is 1. The van der Waals surface area contributed by atoms with Crippen molar-refractivity contribution in [3.8, 4) is 18.1 Å². The van der Waals surface area contributed by atoms with Gasteiger partial charge in [0.25, 0.3) is 0 Å². The van der Waals surface area contributed by atoms with E-state index in [1.807, 2.05) is 12.1 Å². The van der Waals surface area contributed by atoms with Crippen molar-refractivity contribution in [3.63, 3.8) is 0 Å². The molecule has 7 heteroatoms. The Morgan fingerprint density at radius 1 is 1.25 bits per heavy atom. The van der Waals surface area contributed by atoms with E-state index in [2.05, 4.69) is 52.4 Å². The fraction of sp³-hybridized carbons (Fsp3) is 0.571. The Hall–Kier alpha value is -1.50. The van der Waals surface area contributed by atoms with E-state index in [4.69, 9.17) is 15.9 Å². The summed E-state index contributed by atoms with van der Waals surface area (Å²) in [6.07, 6.45) is 6.10. The first-order valence-corrected chi connectivity index (χ1v) is 9.47. The van der Waals surface area contributed by atoms with Gasteiger partial charge in [-0.15, -0.1) is 30.4 Å². The minimum atomic E-state index is 0. The van der Waals surface area contributed by atoms with Crippen LogP contribution in [0.15, 0.2) is 29.3 Å². The highest BCUT2D eigenvalue weighted by Crippen LogP contribution is 2.15. The highest BCUT2D eigenvalue weighted by molar-refractivity contribution is 14.0. The minimum Gasteiger partial charge on any atom is -0.481 e. The molecule has 0 spiro atoms. The molecule has 1 aromatic carbocycles. The average Bonchev–Trinajstić information content (AvgIpc) is 2.70. The predicted molar refractivity (Wildman–Crippen MR) is 126 cm³/mol. The largest absolute Gasteiger partial charge is 0.481 e. The van der Waals surface area contributed by atoms with Crippen LogP contribution in [0.3, 0.4) is 0 Å². The molecule has 1 saturated heterocycles. The van der Waals surface area contributed by atoms with Gasteiger partial charge in [-0.05, 0) is 38.0 Å². The van der Waals surface area contributed by atoms with Crippen LogP contribution in [0.2, 0.25) is 0 Å². The van der Waals surface area contributed by atoms with Crippen LogP contribution in [-0.4, -0.2) is 69.4 Å². The number of aliphatic imine (C=N–C) groups is 1. The number of benzene rings is 1. The maximum Gasteiger partial charge on any atom is 0.191 e. The Kier molecular flexibility index (Phi) is 11.3. The fourth-order valence-electron chi connectivity index (χ4n) is 3.00. The monoisotopic (exact) mass is 500 g/mol. The topological polar surface area (TPSA) is 58.1 Å². The third kappa shape index (κ3) is 8.25. The molecule has 6 nitrogen and oxygen atoms in total. The minimum absolute atomic E-state index is 0. The molecule has 2 rings (SSSR count). The summed E-state index contributed by atoms with van der Waals surface area (Å²) in [5, 5.41) is 6.82. The Bertz CT molecular complexity index is 635. The summed E-state index contributed by atoms with van der Waals surface area (Å²) in [6.45, 7) is 10.0. The highest BCUT2D eigenvalue weighted by atomic mass is 127. The van der Waals surface area contributed by atoms with E-state index in [1.54, 1.807) is 7.05 Å². The van der Waals surface area contributed by atoms with Crippen molar-refractivity contribution in [2.75, 3.05) is 53.0 Å². The van der Waals surface area contributed by atoms with Gasteiger partial charge in [-0.3, -0.25) is 9.89 Å². The normalized spacial score (nSPS) is 15.3. The van der Waals surface area contributed by atoms with Crippen molar-refractivity contribution >= 4 is 29.9 Å². The number of nitrogens with zero attached hydrogens (tertiary/aromatic N) is 2. The van der Waals surface area contributed by atoms with Crippen molar-refractivity contribution in [1.82, 2.24) is 15.5 Å². The SMILES string of the molecule is C#CCOc1ccc(CCNC(=NC)NCC(C)(C)N2CCOCC2)cc1.I. The molecule has 1 heterocycles. The van der Waals surface area contributed by atoms with E-state index in [1.165, 1.54) is 5.56 Å². The molecular weight excluding hydrogens is 467 g/mol. The van der Waals surface area contributed by atoms with Gasteiger partial charge in [0.1, 0.15) is 12.4 Å². The number of hydrogen-bond donors (Lipinski definition) is 2. The zero-order valence-corrected chi connectivity index (χ0v) is 19.5. The van der Waals surface area contributed by atoms with Gasteiger partial charge in [0.2, 0.25) is 0 Å². The quantitative estimate of drug-likeness (QED) is 0.248. The maximum atomic E-state index is 5.45. The van der Waals surface area contributed by atoms with Gasteiger partial charge >= 0.3 is 0 Å². The summed E-state index contributed by atoms with van der Waals surface area (Å²) in [7, 11) is 1.80. The van der Waals surface area contributed by atoms with E-state index < -0.39 is 0 Å². The lowest BCUT2D eigenvalue weighted by Gasteiger charge is -2.41. The molecule has 1 aliphatic rings. The predicted octanol–water partition coefficient (Wildman–Crippen LogP) is 2.13. The average molecular weight is 500 g/mol. The lowest BCUT2D eigenvalue weighted by atomic mass is 10.0. The summed E-state index contributed by atoms with van der Waals surface area (Å²) in [5.74, 6) is 4.09. The van der Waals surface area contributed by atoms with Crippen LogP contribution in [0.25, 0.3) is 0 Å². The first kappa shape index (κ1) is 24.5. The van der Waals surface area contributed by atoms with E-state index >= 15 is 0 Å². The van der Waals surface area contributed by atoms with Crippen molar-refractivity contribution in [1.29, 1.82) is 0 Å². The van der Waals surface area contributed by atoms with Crippen LogP contribution in [0.1, 0.15) is 19.4 Å². The van der Waals surface area contributed by atoms with Crippen LogP contribution >= 0.6 is 24.0 Å². The van der Waals surface area contributed by atoms with Crippen molar-refractivity contribution in [2.45, 2.75) is 25.8 Å². The Balaban J connectivity index is 0.00000392. The maximum absolute atomic E-state index is 5.45. The van der Waals surface area contributed by atoms with E-state index in [0.29, 0.717) is 6.61 Å². The second-order valence-corrected chi connectivity index (χ2v) is 7.15. The third-order valence-corrected chi connectivity index (χ3v) is 4.73. The number of rotatable bonds is 8. The summed E-state index contributed by atoms with van der Waals surface area (Å²) in [5.41, 5.74) is 1.29. The van der Waals surface area contributed by atoms with Gasteiger partial charge < -0.3 is 20.1 Å². The molecule has 28 heavy (non-hydrogen) atoms. The zero-order chi connectivity index (χ0) is 19.5. The van der Waals surface area contributed by atoms with Crippen LogP contribution < -0.4 is 15.4 Å². The lowest BCUT2D eigenvalue weighted by molar-refractivity contribution is -0.00833. The molecule has 1 fully saturated rings. The lowest BCUT2D eigenvalue weighted by Crippen LogP contribution is -2.56. The summed E-state index contributed by atoms with van der Waals surface area (Å²) in [6, 6.07) is 8.02. The first-order valence-electron chi connectivity index (χ1n) is 9.47. The van der Waals surface area contributed by atoms with Crippen LogP contribution in [0.5, 0.6) is 5.75 Å². The molecule has 0 amide bonds. The molecule has 0 atom stereocenters. The van der Waals surface area contributed by atoms with Crippen molar-refractivity contribution in [2.24, 2.45) is 4.99 Å². The smallest absolute Gasteiger partial charge is 0.191 e. The van der Waals surface area contributed by atoms with E-state index in [9.17, 15) is 0 Å². The standard InChI is InChI=1S/C21H32N4O2.HI/c1-5-14-27-19-8-6-18(7-9-19)10-11-23-20(22-4)24-17-21(2,3)25-12-15-26-16-13-25;/h1,6-9H,10-17H2,2-4H3,(H2,22,23,24);1H. The number of guanidine groups is 1. The van der Waals surface area contributed by atoms with Gasteiger partial charge in [0.05, 0.1) is 13.2 Å². The molecular formula is C21H33IN4O2.